The minimum atomic E-state index is -0.930. The Morgan fingerprint density at radius 2 is 1.75 bits per heavy atom. The van der Waals surface area contributed by atoms with E-state index in [-0.39, 0.29) is 17.1 Å². The van der Waals surface area contributed by atoms with Crippen LogP contribution in [0.5, 0.6) is 11.5 Å². The highest BCUT2D eigenvalue weighted by Gasteiger charge is 2.19. The van der Waals surface area contributed by atoms with Gasteiger partial charge in [0.2, 0.25) is 0 Å². The van der Waals surface area contributed by atoms with Crippen molar-refractivity contribution in [3.63, 3.8) is 0 Å². The van der Waals surface area contributed by atoms with Gasteiger partial charge in [-0.05, 0) is 37.1 Å². The first-order chi connectivity index (χ1) is 13.3. The van der Waals surface area contributed by atoms with Gasteiger partial charge in [-0.15, -0.1) is 0 Å². The normalized spacial score (nSPS) is 10.7. The predicted octanol–water partition coefficient (Wildman–Crippen LogP) is 4.32. The Bertz CT molecular complexity index is 1070. The number of phenolic OH excluding ortho intramolecular Hbond substituents is 2. The Morgan fingerprint density at radius 3 is 2.43 bits per heavy atom. The highest BCUT2D eigenvalue weighted by atomic mass is 35.5. The summed E-state index contributed by atoms with van der Waals surface area (Å²) in [6, 6.07) is 11.2. The van der Waals surface area contributed by atoms with Gasteiger partial charge in [0.1, 0.15) is 17.1 Å². The van der Waals surface area contributed by atoms with E-state index in [0.29, 0.717) is 21.5 Å². The summed E-state index contributed by atoms with van der Waals surface area (Å²) >= 11 is 6.15. The standard InChI is InChI=1S/C21H18ClNO5/c1-11-7-12(2)19(16(22)8-11)23-18(25)10-28-21(27)15-9-17(24)13-5-3-4-6-14(13)20(15)26/h3-9,24,26H,10H2,1-2H3,(H,23,25). The van der Waals surface area contributed by atoms with Gasteiger partial charge in [-0.3, -0.25) is 4.79 Å². The summed E-state index contributed by atoms with van der Waals surface area (Å²) in [7, 11) is 0. The lowest BCUT2D eigenvalue weighted by atomic mass is 10.0. The van der Waals surface area contributed by atoms with Crippen molar-refractivity contribution >= 4 is 39.9 Å². The van der Waals surface area contributed by atoms with Crippen molar-refractivity contribution in [1.82, 2.24) is 0 Å². The van der Waals surface area contributed by atoms with Crippen LogP contribution in [0, 0.1) is 13.8 Å². The Hall–Kier alpha value is -3.25. The molecule has 3 N–H and O–H groups in total. The van der Waals surface area contributed by atoms with Crippen LogP contribution in [0.15, 0.2) is 42.5 Å². The molecule has 0 atom stereocenters. The molecular weight excluding hydrogens is 382 g/mol. The fraction of sp³-hybridized carbons (Fsp3) is 0.143. The summed E-state index contributed by atoms with van der Waals surface area (Å²) in [5.41, 5.74) is 1.95. The molecule has 28 heavy (non-hydrogen) atoms. The number of aromatic hydroxyl groups is 2. The maximum Gasteiger partial charge on any atom is 0.342 e. The van der Waals surface area contributed by atoms with Crippen molar-refractivity contribution < 1.29 is 24.5 Å². The zero-order chi connectivity index (χ0) is 20.4. The summed E-state index contributed by atoms with van der Waals surface area (Å²) in [4.78, 5) is 24.4. The monoisotopic (exact) mass is 399 g/mol. The van der Waals surface area contributed by atoms with Gasteiger partial charge < -0.3 is 20.3 Å². The van der Waals surface area contributed by atoms with E-state index in [0.717, 1.165) is 17.2 Å². The van der Waals surface area contributed by atoms with E-state index in [1.807, 2.05) is 13.0 Å². The second kappa shape index (κ2) is 7.78. The van der Waals surface area contributed by atoms with Crippen LogP contribution < -0.4 is 5.32 Å². The Morgan fingerprint density at radius 1 is 1.07 bits per heavy atom. The van der Waals surface area contributed by atoms with Gasteiger partial charge in [0.25, 0.3) is 5.91 Å². The van der Waals surface area contributed by atoms with Crippen LogP contribution in [0.4, 0.5) is 5.69 Å². The second-order valence-corrected chi connectivity index (χ2v) is 6.81. The minimum absolute atomic E-state index is 0.174. The van der Waals surface area contributed by atoms with Crippen LogP contribution >= 0.6 is 11.6 Å². The topological polar surface area (TPSA) is 95.9 Å². The van der Waals surface area contributed by atoms with Gasteiger partial charge in [0.15, 0.2) is 6.61 Å². The van der Waals surface area contributed by atoms with Crippen LogP contribution in [-0.4, -0.2) is 28.7 Å². The second-order valence-electron chi connectivity index (χ2n) is 6.40. The lowest BCUT2D eigenvalue weighted by molar-refractivity contribution is -0.119. The van der Waals surface area contributed by atoms with E-state index in [1.54, 1.807) is 37.3 Å². The number of carbonyl (C=O) groups excluding carboxylic acids is 2. The number of ether oxygens (including phenoxy) is 1. The van der Waals surface area contributed by atoms with E-state index in [4.69, 9.17) is 16.3 Å². The molecule has 0 aliphatic rings. The van der Waals surface area contributed by atoms with Crippen LogP contribution in [0.2, 0.25) is 5.02 Å². The molecule has 0 saturated heterocycles. The van der Waals surface area contributed by atoms with Gasteiger partial charge >= 0.3 is 5.97 Å². The van der Waals surface area contributed by atoms with Crippen molar-refractivity contribution in [3.8, 4) is 11.5 Å². The average Bonchev–Trinajstić information content (AvgIpc) is 2.65. The molecule has 0 spiro atoms. The third-order valence-electron chi connectivity index (χ3n) is 4.24. The number of esters is 1. The predicted molar refractivity (Wildman–Crippen MR) is 107 cm³/mol. The van der Waals surface area contributed by atoms with Crippen molar-refractivity contribution in [2.75, 3.05) is 11.9 Å². The number of phenols is 2. The first-order valence-electron chi connectivity index (χ1n) is 8.45. The molecule has 0 aliphatic carbocycles. The first kappa shape index (κ1) is 19.5. The number of fused-ring (bicyclic) bond motifs is 1. The molecule has 3 rings (SSSR count). The molecule has 0 aromatic heterocycles. The largest absolute Gasteiger partial charge is 0.507 e. The number of halogens is 1. The van der Waals surface area contributed by atoms with E-state index in [2.05, 4.69) is 5.32 Å². The SMILES string of the molecule is Cc1cc(C)c(NC(=O)COC(=O)c2cc(O)c3ccccc3c2O)c(Cl)c1. The molecule has 0 radical (unpaired) electrons. The van der Waals surface area contributed by atoms with Crippen molar-refractivity contribution in [3.05, 3.63) is 64.2 Å². The van der Waals surface area contributed by atoms with Crippen molar-refractivity contribution in [2.45, 2.75) is 13.8 Å². The molecule has 0 unspecified atom stereocenters. The molecule has 0 aliphatic heterocycles. The highest BCUT2D eigenvalue weighted by molar-refractivity contribution is 6.34. The van der Waals surface area contributed by atoms with Crippen LogP contribution in [0.25, 0.3) is 10.8 Å². The molecule has 0 heterocycles. The van der Waals surface area contributed by atoms with Gasteiger partial charge in [-0.25, -0.2) is 4.79 Å². The number of carbonyl (C=O) groups is 2. The number of anilines is 1. The van der Waals surface area contributed by atoms with Crippen LogP contribution in [0.3, 0.4) is 0 Å². The van der Waals surface area contributed by atoms with E-state index in [1.165, 1.54) is 0 Å². The smallest absolute Gasteiger partial charge is 0.342 e. The molecule has 0 fully saturated rings. The van der Waals surface area contributed by atoms with Gasteiger partial charge in [0.05, 0.1) is 10.7 Å². The fourth-order valence-electron chi connectivity index (χ4n) is 2.95. The maximum absolute atomic E-state index is 12.3. The van der Waals surface area contributed by atoms with Gasteiger partial charge in [0, 0.05) is 10.8 Å². The fourth-order valence-corrected chi connectivity index (χ4v) is 3.32. The minimum Gasteiger partial charge on any atom is -0.507 e. The lowest BCUT2D eigenvalue weighted by Gasteiger charge is -2.12. The zero-order valence-electron chi connectivity index (χ0n) is 15.2. The highest BCUT2D eigenvalue weighted by Crippen LogP contribution is 2.35. The number of hydrogen-bond donors (Lipinski definition) is 3. The third-order valence-corrected chi connectivity index (χ3v) is 4.54. The quantitative estimate of drug-likeness (QED) is 0.448. The van der Waals surface area contributed by atoms with E-state index < -0.39 is 18.5 Å². The molecule has 0 saturated carbocycles. The molecular formula is C21H18ClNO5. The molecule has 3 aromatic carbocycles. The van der Waals surface area contributed by atoms with Crippen LogP contribution in [-0.2, 0) is 9.53 Å². The number of rotatable bonds is 4. The molecule has 7 heteroatoms. The number of nitrogens with one attached hydrogen (secondary N) is 1. The number of hydrogen-bond acceptors (Lipinski definition) is 5. The summed E-state index contributed by atoms with van der Waals surface area (Å²) in [5.74, 6) is -2.00. The Kier molecular flexibility index (Phi) is 5.42. The summed E-state index contributed by atoms with van der Waals surface area (Å²) in [6.45, 7) is 3.11. The van der Waals surface area contributed by atoms with E-state index >= 15 is 0 Å². The number of amides is 1. The summed E-state index contributed by atoms with van der Waals surface area (Å²) in [6.07, 6.45) is 0. The number of benzene rings is 3. The molecule has 6 nitrogen and oxygen atoms in total. The van der Waals surface area contributed by atoms with Gasteiger partial charge in [-0.2, -0.15) is 0 Å². The van der Waals surface area contributed by atoms with E-state index in [9.17, 15) is 19.8 Å². The summed E-state index contributed by atoms with van der Waals surface area (Å²) in [5, 5.41) is 24.1. The van der Waals surface area contributed by atoms with Crippen molar-refractivity contribution in [2.24, 2.45) is 0 Å². The van der Waals surface area contributed by atoms with Gasteiger partial charge in [-0.1, -0.05) is 41.9 Å². The van der Waals surface area contributed by atoms with Crippen molar-refractivity contribution in [1.29, 1.82) is 0 Å². The van der Waals surface area contributed by atoms with Crippen LogP contribution in [0.1, 0.15) is 21.5 Å². The molecule has 0 bridgehead atoms. The lowest BCUT2D eigenvalue weighted by Crippen LogP contribution is -2.21. The number of aryl methyl sites for hydroxylation is 2. The first-order valence-corrected chi connectivity index (χ1v) is 8.83. The summed E-state index contributed by atoms with van der Waals surface area (Å²) < 4.78 is 4.99. The molecule has 3 aromatic rings. The maximum atomic E-state index is 12.3. The Labute approximate surface area is 166 Å². The third kappa shape index (κ3) is 3.87. The molecule has 1 amide bonds. The molecule has 144 valence electrons. The average molecular weight is 400 g/mol. The zero-order valence-corrected chi connectivity index (χ0v) is 16.0. The Balaban J connectivity index is 1.73.